The van der Waals surface area contributed by atoms with Crippen molar-refractivity contribution in [3.63, 3.8) is 0 Å². The minimum absolute atomic E-state index is 0.347. The van der Waals surface area contributed by atoms with Crippen molar-refractivity contribution in [2.75, 3.05) is 30.3 Å². The number of pyridine rings is 1. The molecule has 0 spiro atoms. The van der Waals surface area contributed by atoms with Gasteiger partial charge in [-0.3, -0.25) is 0 Å². The van der Waals surface area contributed by atoms with Gasteiger partial charge in [0.25, 0.3) is 0 Å². The fourth-order valence-corrected chi connectivity index (χ4v) is 4.73. The predicted molar refractivity (Wildman–Crippen MR) is 112 cm³/mol. The maximum atomic E-state index is 12.6. The summed E-state index contributed by atoms with van der Waals surface area (Å²) in [6.07, 6.45) is 5.67. The summed E-state index contributed by atoms with van der Waals surface area (Å²) in [6, 6.07) is 15.8. The second-order valence-corrected chi connectivity index (χ2v) is 8.36. The molecule has 136 valence electrons. The number of rotatable bonds is 2. The summed E-state index contributed by atoms with van der Waals surface area (Å²) in [5, 5.41) is 5.42. The molecule has 4 heterocycles. The summed E-state index contributed by atoms with van der Waals surface area (Å²) in [5.41, 5.74) is 3.50. The molecule has 0 N–H and O–H groups in total. The minimum Gasteiger partial charge on any atom is -0.422 e. The van der Waals surface area contributed by atoms with Gasteiger partial charge in [-0.25, -0.2) is 9.31 Å². The fourth-order valence-electron chi connectivity index (χ4n) is 3.65. The molecule has 0 aliphatic carbocycles. The van der Waals surface area contributed by atoms with Gasteiger partial charge in [-0.15, -0.1) is 8.58 Å². The zero-order valence-electron chi connectivity index (χ0n) is 14.9. The average molecular weight is 377 g/mol. The van der Waals surface area contributed by atoms with E-state index in [2.05, 4.69) is 16.1 Å². The van der Waals surface area contributed by atoms with E-state index in [1.54, 1.807) is 4.52 Å². The van der Waals surface area contributed by atoms with Crippen molar-refractivity contribution < 1.29 is 4.42 Å². The van der Waals surface area contributed by atoms with Crippen molar-refractivity contribution in [2.24, 2.45) is 0 Å². The Kier molecular flexibility index (Phi) is 4.17. The van der Waals surface area contributed by atoms with E-state index >= 15 is 0 Å². The lowest BCUT2D eigenvalue weighted by Crippen LogP contribution is -2.25. The number of anilines is 1. The van der Waals surface area contributed by atoms with Crippen LogP contribution in [-0.4, -0.2) is 35.0 Å². The third-order valence-electron chi connectivity index (χ3n) is 5.07. The van der Waals surface area contributed by atoms with E-state index in [9.17, 15) is 4.79 Å². The van der Waals surface area contributed by atoms with Crippen LogP contribution in [0.15, 0.2) is 63.9 Å². The van der Waals surface area contributed by atoms with Gasteiger partial charge >= 0.3 is 5.63 Å². The van der Waals surface area contributed by atoms with Gasteiger partial charge in [-0.05, 0) is 55.1 Å². The smallest absolute Gasteiger partial charge is 0.345 e. The molecule has 5 rings (SSSR count). The van der Waals surface area contributed by atoms with Crippen LogP contribution >= 0.6 is 8.58 Å². The molecule has 1 fully saturated rings. The average Bonchev–Trinajstić information content (AvgIpc) is 2.92. The Morgan fingerprint density at radius 3 is 2.93 bits per heavy atom. The number of benzene rings is 1. The summed E-state index contributed by atoms with van der Waals surface area (Å²) >= 11 is 0. The molecular weight excluding hydrogens is 357 g/mol. The second-order valence-electron chi connectivity index (χ2n) is 6.86. The highest BCUT2D eigenvalue weighted by Gasteiger charge is 2.14. The Hall–Kier alpha value is -2.65. The number of hydrogen-bond acceptors (Lipinski definition) is 4. The molecule has 0 radical (unpaired) electrons. The highest BCUT2D eigenvalue weighted by atomic mass is 31.1. The molecule has 1 saturated heterocycles. The van der Waals surface area contributed by atoms with Crippen molar-refractivity contribution >= 4 is 30.8 Å². The van der Waals surface area contributed by atoms with Crippen molar-refractivity contribution in [1.29, 1.82) is 0 Å². The lowest BCUT2D eigenvalue weighted by molar-refractivity contribution is 0.563. The summed E-state index contributed by atoms with van der Waals surface area (Å²) in [5.74, 6) is 0. The second kappa shape index (κ2) is 6.82. The summed E-state index contributed by atoms with van der Waals surface area (Å²) in [6.45, 7) is 2.15. The number of fused-ring (bicyclic) bond motifs is 2. The van der Waals surface area contributed by atoms with Crippen molar-refractivity contribution in [1.82, 2.24) is 9.61 Å². The van der Waals surface area contributed by atoms with E-state index in [1.165, 1.54) is 18.7 Å². The first kappa shape index (κ1) is 16.5. The standard InChI is InChI=1S/C21H20N3O2P/c25-21-18(19-13-17-4-1-2-8-24(17)22-19)12-15-5-6-16(14-20(15)26-21)23-7-3-10-27-11-9-23/h1-2,4-6,8,12-14,27H,3,7,9-11H2. The first-order valence-corrected chi connectivity index (χ1v) is 10.7. The van der Waals surface area contributed by atoms with Crippen LogP contribution in [0.4, 0.5) is 5.69 Å². The van der Waals surface area contributed by atoms with Crippen molar-refractivity contribution in [3.8, 4) is 11.3 Å². The summed E-state index contributed by atoms with van der Waals surface area (Å²) < 4.78 is 7.44. The van der Waals surface area contributed by atoms with Crippen molar-refractivity contribution in [3.05, 3.63) is 65.1 Å². The van der Waals surface area contributed by atoms with E-state index in [0.717, 1.165) is 38.3 Å². The molecule has 1 unspecified atom stereocenters. The third-order valence-corrected chi connectivity index (χ3v) is 6.35. The Bertz CT molecular complexity index is 1140. The number of hydrogen-bond donors (Lipinski definition) is 0. The van der Waals surface area contributed by atoms with Gasteiger partial charge in [-0.2, -0.15) is 5.10 Å². The third kappa shape index (κ3) is 3.13. The first-order valence-electron chi connectivity index (χ1n) is 9.26. The van der Waals surface area contributed by atoms with Crippen LogP contribution in [0.3, 0.4) is 0 Å². The van der Waals surface area contributed by atoms with Gasteiger partial charge in [0.05, 0.1) is 11.1 Å². The van der Waals surface area contributed by atoms with Crippen molar-refractivity contribution in [2.45, 2.75) is 6.42 Å². The van der Waals surface area contributed by atoms with Crippen LogP contribution in [0.25, 0.3) is 27.7 Å². The molecular formula is C21H20N3O2P. The van der Waals surface area contributed by atoms with Crippen LogP contribution in [0.2, 0.25) is 0 Å². The molecule has 0 bridgehead atoms. The number of nitrogens with zero attached hydrogens (tertiary/aromatic N) is 3. The van der Waals surface area contributed by atoms with Gasteiger partial charge in [0.2, 0.25) is 0 Å². The van der Waals surface area contributed by atoms with E-state index in [1.807, 2.05) is 48.7 Å². The molecule has 3 aromatic heterocycles. The Labute approximate surface area is 158 Å². The molecule has 1 atom stereocenters. The Morgan fingerprint density at radius 1 is 1.04 bits per heavy atom. The molecule has 27 heavy (non-hydrogen) atoms. The predicted octanol–water partition coefficient (Wildman–Crippen LogP) is 4.00. The SMILES string of the molecule is O=c1oc2cc(N3CCCPCC3)ccc2cc1-c1cc2ccccn2n1. The van der Waals surface area contributed by atoms with Crippen LogP contribution < -0.4 is 10.5 Å². The van der Waals surface area contributed by atoms with E-state index in [-0.39, 0.29) is 5.63 Å². The lowest BCUT2D eigenvalue weighted by atomic mass is 10.1. The Morgan fingerprint density at radius 2 is 2.00 bits per heavy atom. The highest BCUT2D eigenvalue weighted by Crippen LogP contribution is 2.27. The van der Waals surface area contributed by atoms with Crippen LogP contribution in [0, 0.1) is 0 Å². The van der Waals surface area contributed by atoms with Crippen LogP contribution in [0.5, 0.6) is 0 Å². The van der Waals surface area contributed by atoms with Crippen LogP contribution in [-0.2, 0) is 0 Å². The van der Waals surface area contributed by atoms with E-state index in [0.29, 0.717) is 16.8 Å². The van der Waals surface area contributed by atoms with Gasteiger partial charge in [-0.1, -0.05) is 6.07 Å². The normalized spacial score (nSPS) is 16.2. The van der Waals surface area contributed by atoms with E-state index in [4.69, 9.17) is 4.42 Å². The highest BCUT2D eigenvalue weighted by molar-refractivity contribution is 7.38. The largest absolute Gasteiger partial charge is 0.422 e. The molecule has 0 saturated carbocycles. The first-order chi connectivity index (χ1) is 13.3. The summed E-state index contributed by atoms with van der Waals surface area (Å²) in [4.78, 5) is 15.0. The van der Waals surface area contributed by atoms with Gasteiger partial charge in [0, 0.05) is 36.4 Å². The zero-order chi connectivity index (χ0) is 18.2. The molecule has 0 amide bonds. The maximum Gasteiger partial charge on any atom is 0.345 e. The Balaban J connectivity index is 1.56. The van der Waals surface area contributed by atoms with Gasteiger partial charge < -0.3 is 9.32 Å². The molecule has 1 aromatic carbocycles. The molecule has 6 heteroatoms. The zero-order valence-corrected chi connectivity index (χ0v) is 15.9. The molecule has 1 aliphatic rings. The van der Waals surface area contributed by atoms with E-state index < -0.39 is 0 Å². The number of aromatic nitrogens is 2. The molecule has 1 aliphatic heterocycles. The maximum absolute atomic E-state index is 12.6. The summed E-state index contributed by atoms with van der Waals surface area (Å²) in [7, 11) is 1.06. The quantitative estimate of drug-likeness (QED) is 0.391. The van der Waals surface area contributed by atoms with Gasteiger partial charge in [0.1, 0.15) is 11.3 Å². The molecule has 5 nitrogen and oxygen atoms in total. The molecule has 4 aromatic rings. The fraction of sp³-hybridized carbons (Fsp3) is 0.238. The minimum atomic E-state index is -0.347. The van der Waals surface area contributed by atoms with Crippen LogP contribution in [0.1, 0.15) is 6.42 Å². The van der Waals surface area contributed by atoms with Gasteiger partial charge in [0.15, 0.2) is 0 Å². The monoisotopic (exact) mass is 377 g/mol. The lowest BCUT2D eigenvalue weighted by Gasteiger charge is -2.22. The topological polar surface area (TPSA) is 50.8 Å².